The number of aliphatic hydroxyl groups excluding tert-OH is 2. The number of carbonyl (C=O) groups is 2. The van der Waals surface area contributed by atoms with E-state index in [1.54, 1.807) is 0 Å². The number of carbonyl (C=O) groups excluding carboxylic acids is 2. The SMILES string of the molecule is CC/C=C/C/C=C/C/C=C/CCCCCCCC(=O)OC[C@H](COP(=O)(O)OC[C@@H](O)CO)OC(=O)CCC/C=C/C/C=C/CCCCCCCCCCC. The number of phosphoric ester groups is 1. The monoisotopic (exact) mass is 797 g/mol. The van der Waals surface area contributed by atoms with E-state index in [1.165, 1.54) is 57.8 Å². The molecule has 55 heavy (non-hydrogen) atoms. The molecule has 3 atom stereocenters. The first-order valence-corrected chi connectivity index (χ1v) is 22.7. The molecule has 0 bridgehead atoms. The molecule has 0 aromatic rings. The molecule has 0 rings (SSSR count). The van der Waals surface area contributed by atoms with Gasteiger partial charge in [-0.1, -0.05) is 145 Å². The van der Waals surface area contributed by atoms with Gasteiger partial charge in [0.15, 0.2) is 6.10 Å². The molecule has 0 heterocycles. The van der Waals surface area contributed by atoms with Gasteiger partial charge in [0, 0.05) is 12.8 Å². The third-order valence-electron chi connectivity index (χ3n) is 8.66. The second-order valence-electron chi connectivity index (χ2n) is 14.0. The average Bonchev–Trinajstić information content (AvgIpc) is 3.17. The van der Waals surface area contributed by atoms with Crippen molar-refractivity contribution in [3.8, 4) is 0 Å². The molecule has 0 spiro atoms. The Bertz CT molecular complexity index is 1100. The van der Waals surface area contributed by atoms with E-state index < -0.39 is 51.8 Å². The number of allylic oxidation sites excluding steroid dienone is 10. The largest absolute Gasteiger partial charge is 0.472 e. The van der Waals surface area contributed by atoms with Crippen molar-refractivity contribution in [2.24, 2.45) is 0 Å². The number of rotatable bonds is 39. The van der Waals surface area contributed by atoms with Crippen LogP contribution in [0.15, 0.2) is 60.8 Å². The molecule has 0 aliphatic heterocycles. The van der Waals surface area contributed by atoms with Crippen LogP contribution < -0.4 is 0 Å². The summed E-state index contributed by atoms with van der Waals surface area (Å²) in [5, 5.41) is 18.3. The van der Waals surface area contributed by atoms with E-state index in [0.29, 0.717) is 19.3 Å². The van der Waals surface area contributed by atoms with Crippen molar-refractivity contribution in [2.45, 2.75) is 180 Å². The van der Waals surface area contributed by atoms with Gasteiger partial charge in [-0.3, -0.25) is 18.6 Å². The van der Waals surface area contributed by atoms with Gasteiger partial charge in [-0.25, -0.2) is 4.57 Å². The van der Waals surface area contributed by atoms with Gasteiger partial charge in [-0.2, -0.15) is 0 Å². The molecule has 0 radical (unpaired) electrons. The predicted octanol–water partition coefficient (Wildman–Crippen LogP) is 11.1. The van der Waals surface area contributed by atoms with Crippen molar-refractivity contribution in [1.29, 1.82) is 0 Å². The number of hydrogen-bond acceptors (Lipinski definition) is 9. The highest BCUT2D eigenvalue weighted by molar-refractivity contribution is 7.47. The zero-order valence-corrected chi connectivity index (χ0v) is 35.3. The van der Waals surface area contributed by atoms with Gasteiger partial charge in [0.25, 0.3) is 0 Å². The molecular formula is C44H77O10P. The molecule has 3 N–H and O–H groups in total. The lowest BCUT2D eigenvalue weighted by atomic mass is 10.1. The summed E-state index contributed by atoms with van der Waals surface area (Å²) in [7, 11) is -4.63. The fraction of sp³-hybridized carbons (Fsp3) is 0.727. The fourth-order valence-corrected chi connectivity index (χ4v) is 6.19. The van der Waals surface area contributed by atoms with E-state index in [1.807, 2.05) is 6.08 Å². The van der Waals surface area contributed by atoms with Gasteiger partial charge in [-0.15, -0.1) is 0 Å². The summed E-state index contributed by atoms with van der Waals surface area (Å²) in [5.74, 6) is -1.00. The van der Waals surface area contributed by atoms with Gasteiger partial charge in [-0.05, 0) is 70.6 Å². The Morgan fingerprint density at radius 2 is 1.02 bits per heavy atom. The molecule has 0 fully saturated rings. The second-order valence-corrected chi connectivity index (χ2v) is 15.4. The lowest BCUT2D eigenvalue weighted by molar-refractivity contribution is -0.161. The fourth-order valence-electron chi connectivity index (χ4n) is 5.40. The number of unbranched alkanes of at least 4 members (excludes halogenated alkanes) is 15. The Morgan fingerprint density at radius 3 is 1.56 bits per heavy atom. The summed E-state index contributed by atoms with van der Waals surface area (Å²) < 4.78 is 32.6. The normalized spacial score (nSPS) is 14.5. The molecule has 1 unspecified atom stereocenters. The summed E-state index contributed by atoms with van der Waals surface area (Å²) in [6, 6.07) is 0. The smallest absolute Gasteiger partial charge is 0.462 e. The standard InChI is InChI=1S/C44H77O10P/c1-3-5-7-9-11-13-15-17-19-20-22-24-26-28-30-32-34-36-44(48)54-42(40-53-55(49,50)52-38-41(46)37-45)39-51-43(47)35-33-31-29-27-25-23-21-18-16-14-12-10-8-6-4-2/h6,8,12,14,18,21-22,24,28,30,41-42,45-46H,3-5,7,9-11,13,15-17,19-20,23,25-27,29,31-40H2,1-2H3,(H,49,50)/b8-6+,14-12+,21-18+,24-22+,30-28+/t41-,42+/m0/s1. The van der Waals surface area contributed by atoms with Crippen LogP contribution in [0.3, 0.4) is 0 Å². The summed E-state index contributed by atoms with van der Waals surface area (Å²) >= 11 is 0. The molecular weight excluding hydrogens is 719 g/mol. The van der Waals surface area contributed by atoms with E-state index in [2.05, 4.69) is 73.1 Å². The molecule has 0 saturated carbocycles. The minimum absolute atomic E-state index is 0.114. The summed E-state index contributed by atoms with van der Waals surface area (Å²) in [4.78, 5) is 34.9. The quantitative estimate of drug-likeness (QED) is 0.0237. The van der Waals surface area contributed by atoms with Crippen LogP contribution in [0.4, 0.5) is 0 Å². The molecule has 318 valence electrons. The van der Waals surface area contributed by atoms with Crippen LogP contribution in [-0.4, -0.2) is 65.7 Å². The number of phosphoric acid groups is 1. The highest BCUT2D eigenvalue weighted by Crippen LogP contribution is 2.43. The zero-order chi connectivity index (χ0) is 40.5. The summed E-state index contributed by atoms with van der Waals surface area (Å²) in [6.45, 7) is 2.19. The van der Waals surface area contributed by atoms with Gasteiger partial charge in [0.1, 0.15) is 12.7 Å². The topological polar surface area (TPSA) is 149 Å². The number of aliphatic hydroxyl groups is 2. The van der Waals surface area contributed by atoms with Crippen molar-refractivity contribution in [3.05, 3.63) is 60.8 Å². The molecule has 0 aliphatic carbocycles. The molecule has 0 amide bonds. The van der Waals surface area contributed by atoms with Gasteiger partial charge < -0.3 is 24.6 Å². The zero-order valence-electron chi connectivity index (χ0n) is 34.4. The summed E-state index contributed by atoms with van der Waals surface area (Å²) in [6.07, 6.45) is 43.4. The Kier molecular flexibility index (Phi) is 38.2. The number of hydrogen-bond donors (Lipinski definition) is 3. The molecule has 0 aromatic heterocycles. The summed E-state index contributed by atoms with van der Waals surface area (Å²) in [5.41, 5.74) is 0. The van der Waals surface area contributed by atoms with Crippen molar-refractivity contribution >= 4 is 19.8 Å². The van der Waals surface area contributed by atoms with Crippen LogP contribution in [0, 0.1) is 0 Å². The van der Waals surface area contributed by atoms with Crippen LogP contribution in [0.5, 0.6) is 0 Å². The third-order valence-corrected chi connectivity index (χ3v) is 9.61. The van der Waals surface area contributed by atoms with E-state index in [-0.39, 0.29) is 19.4 Å². The number of ether oxygens (including phenoxy) is 2. The second kappa shape index (κ2) is 39.9. The van der Waals surface area contributed by atoms with Gasteiger partial charge in [0.2, 0.25) is 0 Å². The molecule has 0 aromatic carbocycles. The Morgan fingerprint density at radius 1 is 0.564 bits per heavy atom. The minimum Gasteiger partial charge on any atom is -0.462 e. The van der Waals surface area contributed by atoms with E-state index in [4.69, 9.17) is 19.1 Å². The van der Waals surface area contributed by atoms with Crippen molar-refractivity contribution in [1.82, 2.24) is 0 Å². The Balaban J connectivity index is 4.41. The maximum Gasteiger partial charge on any atom is 0.472 e. The van der Waals surface area contributed by atoms with Crippen LogP contribution in [0.1, 0.15) is 168 Å². The maximum atomic E-state index is 12.6. The highest BCUT2D eigenvalue weighted by atomic mass is 31.2. The van der Waals surface area contributed by atoms with Gasteiger partial charge in [0.05, 0.1) is 19.8 Å². The molecule has 0 aliphatic rings. The van der Waals surface area contributed by atoms with Crippen molar-refractivity contribution in [2.75, 3.05) is 26.4 Å². The predicted molar refractivity (Wildman–Crippen MR) is 224 cm³/mol. The lowest BCUT2D eigenvalue weighted by Crippen LogP contribution is -2.29. The minimum atomic E-state index is -4.63. The molecule has 11 heteroatoms. The van der Waals surface area contributed by atoms with Crippen molar-refractivity contribution in [3.63, 3.8) is 0 Å². The molecule has 0 saturated heterocycles. The first-order chi connectivity index (χ1) is 26.7. The van der Waals surface area contributed by atoms with E-state index in [9.17, 15) is 24.2 Å². The maximum absolute atomic E-state index is 12.6. The van der Waals surface area contributed by atoms with E-state index in [0.717, 1.165) is 64.2 Å². The van der Waals surface area contributed by atoms with Crippen LogP contribution in [-0.2, 0) is 32.7 Å². The number of esters is 2. The average molecular weight is 797 g/mol. The first kappa shape index (κ1) is 52.7. The van der Waals surface area contributed by atoms with Crippen LogP contribution >= 0.6 is 7.82 Å². The third kappa shape index (κ3) is 39.7. The first-order valence-electron chi connectivity index (χ1n) is 21.2. The Labute approximate surface area is 334 Å². The highest BCUT2D eigenvalue weighted by Gasteiger charge is 2.27. The molecule has 10 nitrogen and oxygen atoms in total. The van der Waals surface area contributed by atoms with Crippen molar-refractivity contribution < 1.29 is 47.8 Å². The van der Waals surface area contributed by atoms with Gasteiger partial charge >= 0.3 is 19.8 Å². The van der Waals surface area contributed by atoms with Crippen LogP contribution in [0.2, 0.25) is 0 Å². The lowest BCUT2D eigenvalue weighted by Gasteiger charge is -2.20. The Hall–Kier alpha value is -2.33. The van der Waals surface area contributed by atoms with Crippen LogP contribution in [0.25, 0.3) is 0 Å². The van der Waals surface area contributed by atoms with E-state index >= 15 is 0 Å².